The van der Waals surface area contributed by atoms with Gasteiger partial charge in [0, 0.05) is 12.2 Å². The molecular weight excluding hydrogens is 392 g/mol. The number of methoxy groups -OCH3 is 1. The Hall–Kier alpha value is -3.64. The Labute approximate surface area is 181 Å². The summed E-state index contributed by atoms with van der Waals surface area (Å²) in [6.07, 6.45) is 1.75. The minimum absolute atomic E-state index is 0.544. The second-order valence-corrected chi connectivity index (χ2v) is 7.18. The third-order valence-corrected chi connectivity index (χ3v) is 4.90. The topological polar surface area (TPSA) is 58.2 Å². The Bertz CT molecular complexity index is 1140. The maximum atomic E-state index is 5.38. The van der Waals surface area contributed by atoms with Crippen LogP contribution in [0.1, 0.15) is 5.56 Å². The van der Waals surface area contributed by atoms with E-state index < -0.39 is 0 Å². The fourth-order valence-corrected chi connectivity index (χ4v) is 3.25. The first kappa shape index (κ1) is 19.7. The zero-order chi connectivity index (χ0) is 20.8. The number of hydrogen-bond acceptors (Lipinski definition) is 4. The van der Waals surface area contributed by atoms with E-state index in [-0.39, 0.29) is 0 Å². The lowest BCUT2D eigenvalue weighted by Crippen LogP contribution is -2.27. The highest BCUT2D eigenvalue weighted by atomic mass is 32.1. The Balaban J connectivity index is 1.31. The molecule has 5 nitrogen and oxygen atoms in total. The van der Waals surface area contributed by atoms with Gasteiger partial charge in [0.05, 0.1) is 19.0 Å². The summed E-state index contributed by atoms with van der Waals surface area (Å²) in [5.74, 6) is 1.61. The van der Waals surface area contributed by atoms with Gasteiger partial charge in [0.1, 0.15) is 11.6 Å². The van der Waals surface area contributed by atoms with Crippen molar-refractivity contribution in [3.8, 4) is 5.75 Å². The second-order valence-electron chi connectivity index (χ2n) is 6.77. The highest BCUT2D eigenvalue weighted by Gasteiger charge is 2.02. The van der Waals surface area contributed by atoms with Crippen molar-refractivity contribution in [2.45, 2.75) is 6.54 Å². The van der Waals surface area contributed by atoms with Crippen LogP contribution in [0.4, 0.5) is 17.2 Å². The van der Waals surface area contributed by atoms with Gasteiger partial charge >= 0.3 is 0 Å². The van der Waals surface area contributed by atoms with E-state index in [0.29, 0.717) is 11.7 Å². The lowest BCUT2D eigenvalue weighted by atomic mass is 10.1. The van der Waals surface area contributed by atoms with Crippen LogP contribution in [0.5, 0.6) is 5.75 Å². The van der Waals surface area contributed by atoms with Crippen LogP contribution < -0.4 is 20.7 Å². The molecule has 4 aromatic rings. The molecule has 150 valence electrons. The van der Waals surface area contributed by atoms with Crippen LogP contribution in [-0.4, -0.2) is 17.2 Å². The first-order valence-corrected chi connectivity index (χ1v) is 10.00. The molecule has 3 aromatic carbocycles. The fourth-order valence-electron chi connectivity index (χ4n) is 3.06. The third kappa shape index (κ3) is 5.04. The number of hydrogen-bond donors (Lipinski definition) is 3. The van der Waals surface area contributed by atoms with Crippen molar-refractivity contribution in [2.24, 2.45) is 0 Å². The van der Waals surface area contributed by atoms with E-state index in [1.165, 1.54) is 10.8 Å². The maximum absolute atomic E-state index is 5.38. The van der Waals surface area contributed by atoms with E-state index in [1.54, 1.807) is 13.3 Å². The number of benzene rings is 3. The molecule has 0 atom stereocenters. The molecule has 0 aliphatic carbocycles. The van der Waals surface area contributed by atoms with E-state index >= 15 is 0 Å². The molecule has 0 unspecified atom stereocenters. The van der Waals surface area contributed by atoms with E-state index in [4.69, 9.17) is 17.0 Å². The summed E-state index contributed by atoms with van der Waals surface area (Å²) >= 11 is 5.38. The number of nitrogens with zero attached hydrogens (tertiary/aromatic N) is 1. The monoisotopic (exact) mass is 414 g/mol. The second kappa shape index (κ2) is 9.24. The van der Waals surface area contributed by atoms with Crippen molar-refractivity contribution >= 4 is 45.3 Å². The summed E-state index contributed by atoms with van der Waals surface area (Å²) in [7, 11) is 1.66. The van der Waals surface area contributed by atoms with Crippen LogP contribution in [0, 0.1) is 0 Å². The molecule has 1 heterocycles. The largest absolute Gasteiger partial charge is 0.497 e. The predicted molar refractivity (Wildman–Crippen MR) is 128 cm³/mol. The van der Waals surface area contributed by atoms with Gasteiger partial charge in [-0.3, -0.25) is 0 Å². The lowest BCUT2D eigenvalue weighted by Gasteiger charge is -2.12. The van der Waals surface area contributed by atoms with Crippen molar-refractivity contribution in [2.75, 3.05) is 17.7 Å². The van der Waals surface area contributed by atoms with Crippen molar-refractivity contribution < 1.29 is 4.74 Å². The molecule has 6 heteroatoms. The average Bonchev–Trinajstić information content (AvgIpc) is 2.79. The molecule has 30 heavy (non-hydrogen) atoms. The number of ether oxygens (including phenoxy) is 1. The number of anilines is 3. The zero-order valence-electron chi connectivity index (χ0n) is 16.6. The molecule has 0 amide bonds. The van der Waals surface area contributed by atoms with E-state index in [1.807, 2.05) is 54.6 Å². The van der Waals surface area contributed by atoms with Crippen molar-refractivity contribution in [3.05, 3.63) is 90.6 Å². The number of rotatable bonds is 6. The van der Waals surface area contributed by atoms with Gasteiger partial charge in [-0.15, -0.1) is 0 Å². The number of fused-ring (bicyclic) bond motifs is 1. The summed E-state index contributed by atoms with van der Waals surface area (Å²) in [6.45, 7) is 0.630. The normalized spacial score (nSPS) is 10.4. The van der Waals surface area contributed by atoms with Gasteiger partial charge in [0.2, 0.25) is 0 Å². The SMILES string of the molecule is COc1ccc(CNC(=S)Nc2ccc(Nc3ccc4ccccc4c3)nc2)cc1. The first-order valence-electron chi connectivity index (χ1n) is 9.59. The number of aromatic nitrogens is 1. The van der Waals surface area contributed by atoms with Crippen LogP contribution in [0.3, 0.4) is 0 Å². The summed E-state index contributed by atoms with van der Waals surface area (Å²) in [6, 6.07) is 26.3. The third-order valence-electron chi connectivity index (χ3n) is 4.66. The highest BCUT2D eigenvalue weighted by molar-refractivity contribution is 7.80. The zero-order valence-corrected chi connectivity index (χ0v) is 17.4. The summed E-state index contributed by atoms with van der Waals surface area (Å²) in [4.78, 5) is 4.47. The lowest BCUT2D eigenvalue weighted by molar-refractivity contribution is 0.414. The van der Waals surface area contributed by atoms with Crippen molar-refractivity contribution in [3.63, 3.8) is 0 Å². The number of nitrogens with one attached hydrogen (secondary N) is 3. The van der Waals surface area contributed by atoms with Crippen LogP contribution >= 0.6 is 12.2 Å². The molecule has 0 saturated heterocycles. The van der Waals surface area contributed by atoms with Gasteiger partial charge in [-0.25, -0.2) is 4.98 Å². The average molecular weight is 415 g/mol. The van der Waals surface area contributed by atoms with Gasteiger partial charge in [0.15, 0.2) is 5.11 Å². The quantitative estimate of drug-likeness (QED) is 0.364. The van der Waals surface area contributed by atoms with Crippen LogP contribution in [0.25, 0.3) is 10.8 Å². The summed E-state index contributed by atoms with van der Waals surface area (Å²) < 4.78 is 5.17. The fraction of sp³-hybridized carbons (Fsp3) is 0.0833. The van der Waals surface area contributed by atoms with Crippen LogP contribution in [0.2, 0.25) is 0 Å². The van der Waals surface area contributed by atoms with Gasteiger partial charge < -0.3 is 20.7 Å². The molecular formula is C24H22N4OS. The molecule has 0 aliphatic rings. The Morgan fingerprint density at radius 1 is 0.900 bits per heavy atom. The van der Waals surface area contributed by atoms with E-state index in [0.717, 1.165) is 28.5 Å². The molecule has 0 bridgehead atoms. The minimum Gasteiger partial charge on any atom is -0.497 e. The summed E-state index contributed by atoms with van der Waals surface area (Å²) in [5.41, 5.74) is 2.94. The molecule has 1 aromatic heterocycles. The Kier molecular flexibility index (Phi) is 6.06. The smallest absolute Gasteiger partial charge is 0.171 e. The predicted octanol–water partition coefficient (Wildman–Crippen LogP) is 5.47. The van der Waals surface area contributed by atoms with Crippen LogP contribution in [0.15, 0.2) is 85.1 Å². The van der Waals surface area contributed by atoms with Gasteiger partial charge in [-0.05, 0) is 65.0 Å². The van der Waals surface area contributed by atoms with Crippen molar-refractivity contribution in [1.29, 1.82) is 0 Å². The first-order chi connectivity index (χ1) is 14.7. The van der Waals surface area contributed by atoms with Gasteiger partial charge in [-0.2, -0.15) is 0 Å². The summed E-state index contributed by atoms with van der Waals surface area (Å²) in [5, 5.41) is 12.6. The van der Waals surface area contributed by atoms with Crippen LogP contribution in [-0.2, 0) is 6.54 Å². The molecule has 3 N–H and O–H groups in total. The highest BCUT2D eigenvalue weighted by Crippen LogP contribution is 2.22. The van der Waals surface area contributed by atoms with Gasteiger partial charge in [-0.1, -0.05) is 42.5 Å². The number of pyridine rings is 1. The van der Waals surface area contributed by atoms with E-state index in [2.05, 4.69) is 45.2 Å². The molecule has 0 radical (unpaired) electrons. The molecule has 0 aliphatic heterocycles. The maximum Gasteiger partial charge on any atom is 0.171 e. The van der Waals surface area contributed by atoms with E-state index in [9.17, 15) is 0 Å². The Morgan fingerprint density at radius 3 is 2.40 bits per heavy atom. The molecule has 4 rings (SSSR count). The molecule has 0 saturated carbocycles. The standard InChI is InChI=1S/C24H22N4OS/c1-29-22-11-6-17(7-12-22)15-26-24(30)28-21-10-13-23(25-16-21)27-20-9-8-18-4-2-3-5-19(18)14-20/h2-14,16H,15H2,1H3,(H,25,27)(H2,26,28,30). The number of thiocarbonyl (C=S) groups is 1. The molecule has 0 spiro atoms. The molecule has 0 fully saturated rings. The van der Waals surface area contributed by atoms with Gasteiger partial charge in [0.25, 0.3) is 0 Å². The Morgan fingerprint density at radius 2 is 1.67 bits per heavy atom. The minimum atomic E-state index is 0.544. The van der Waals surface area contributed by atoms with Crippen molar-refractivity contribution in [1.82, 2.24) is 10.3 Å².